The van der Waals surface area contributed by atoms with Crippen LogP contribution in [0, 0.1) is 23.2 Å². The maximum absolute atomic E-state index is 12.7. The van der Waals surface area contributed by atoms with Crippen molar-refractivity contribution >= 4 is 29.4 Å². The summed E-state index contributed by atoms with van der Waals surface area (Å²) in [5, 5.41) is 12.2. The van der Waals surface area contributed by atoms with Crippen molar-refractivity contribution in [2.24, 2.45) is 11.8 Å². The molecule has 7 heteroatoms. The van der Waals surface area contributed by atoms with Crippen LogP contribution in [0.2, 0.25) is 0 Å². The zero-order chi connectivity index (χ0) is 17.1. The second-order valence-corrected chi connectivity index (χ2v) is 7.91. The minimum atomic E-state index is -1.31. The van der Waals surface area contributed by atoms with Gasteiger partial charge in [-0.3, -0.25) is 14.4 Å². The van der Waals surface area contributed by atoms with Crippen LogP contribution in [-0.4, -0.2) is 46.2 Å². The monoisotopic (exact) mass is 349 g/mol. The molecule has 3 aliphatic rings. The lowest BCUT2D eigenvalue weighted by Gasteiger charge is -2.32. The van der Waals surface area contributed by atoms with Gasteiger partial charge < -0.3 is 10.2 Å². The average molecular weight is 349 g/mol. The van der Waals surface area contributed by atoms with Crippen LogP contribution in [0.1, 0.15) is 44.9 Å². The Balaban J connectivity index is 1.64. The van der Waals surface area contributed by atoms with E-state index in [1.165, 1.54) is 11.8 Å². The number of Topliss-reactive ketones (excluding diaryl/α,β-unsaturated/α-hetero) is 1. The third kappa shape index (κ3) is 3.44. The molecular formula is C17H23N3O3S. The summed E-state index contributed by atoms with van der Waals surface area (Å²) in [6.07, 6.45) is 6.77. The third-order valence-electron chi connectivity index (χ3n) is 5.33. The topological polar surface area (TPSA) is 90.3 Å². The van der Waals surface area contributed by atoms with E-state index in [-0.39, 0.29) is 17.9 Å². The minimum absolute atomic E-state index is 0.0116. The van der Waals surface area contributed by atoms with Crippen LogP contribution in [0.3, 0.4) is 0 Å². The Labute approximate surface area is 146 Å². The molecule has 3 fully saturated rings. The predicted molar refractivity (Wildman–Crippen MR) is 89.8 cm³/mol. The quantitative estimate of drug-likeness (QED) is 0.759. The highest BCUT2D eigenvalue weighted by Gasteiger charge is 2.43. The lowest BCUT2D eigenvalue weighted by molar-refractivity contribution is -0.145. The lowest BCUT2D eigenvalue weighted by atomic mass is 9.84. The maximum Gasteiger partial charge on any atom is 0.245 e. The average Bonchev–Trinajstić information content (AvgIpc) is 3.16. The van der Waals surface area contributed by atoms with Crippen LogP contribution in [0.4, 0.5) is 0 Å². The van der Waals surface area contributed by atoms with Gasteiger partial charge in [0.05, 0.1) is 11.9 Å². The molecule has 2 saturated carbocycles. The van der Waals surface area contributed by atoms with Gasteiger partial charge in [0.1, 0.15) is 6.04 Å². The van der Waals surface area contributed by atoms with Crippen molar-refractivity contribution in [2.75, 3.05) is 11.6 Å². The van der Waals surface area contributed by atoms with E-state index in [2.05, 4.69) is 5.32 Å². The van der Waals surface area contributed by atoms with E-state index < -0.39 is 23.7 Å². The van der Waals surface area contributed by atoms with Gasteiger partial charge in [-0.05, 0) is 25.7 Å². The zero-order valence-corrected chi connectivity index (χ0v) is 14.5. The number of hydrogen-bond acceptors (Lipinski definition) is 5. The number of nitrogens with zero attached hydrogens (tertiary/aromatic N) is 2. The number of carbonyl (C=O) groups is 3. The van der Waals surface area contributed by atoms with Crippen molar-refractivity contribution in [1.82, 2.24) is 10.2 Å². The first kappa shape index (κ1) is 17.3. The van der Waals surface area contributed by atoms with Gasteiger partial charge in [0, 0.05) is 17.7 Å². The van der Waals surface area contributed by atoms with Crippen LogP contribution >= 0.6 is 11.8 Å². The van der Waals surface area contributed by atoms with Gasteiger partial charge >= 0.3 is 0 Å². The van der Waals surface area contributed by atoms with E-state index in [1.54, 1.807) is 4.90 Å². The smallest absolute Gasteiger partial charge is 0.245 e. The number of hydrogen-bond donors (Lipinski definition) is 1. The fourth-order valence-electron chi connectivity index (χ4n) is 3.58. The summed E-state index contributed by atoms with van der Waals surface area (Å²) in [6, 6.07) is 1.30. The molecule has 0 spiro atoms. The van der Waals surface area contributed by atoms with E-state index in [1.807, 2.05) is 6.07 Å². The number of amides is 2. The highest BCUT2D eigenvalue weighted by molar-refractivity contribution is 7.99. The van der Waals surface area contributed by atoms with Gasteiger partial charge in [0.15, 0.2) is 11.7 Å². The number of ketones is 1. The number of thioether (sulfide) groups is 1. The van der Waals surface area contributed by atoms with Gasteiger partial charge in [0.25, 0.3) is 0 Å². The van der Waals surface area contributed by atoms with E-state index in [0.717, 1.165) is 44.9 Å². The van der Waals surface area contributed by atoms with E-state index in [0.29, 0.717) is 11.6 Å². The number of carbonyl (C=O) groups excluding carboxylic acids is 3. The first-order chi connectivity index (χ1) is 11.6. The van der Waals surface area contributed by atoms with Crippen LogP contribution in [0.15, 0.2) is 0 Å². The molecule has 130 valence electrons. The van der Waals surface area contributed by atoms with E-state index in [4.69, 9.17) is 0 Å². The molecule has 1 saturated heterocycles. The summed E-state index contributed by atoms with van der Waals surface area (Å²) < 4.78 is 0. The summed E-state index contributed by atoms with van der Waals surface area (Å²) in [6.45, 7) is 0. The molecule has 0 aromatic carbocycles. The van der Waals surface area contributed by atoms with E-state index in [9.17, 15) is 19.6 Å². The van der Waals surface area contributed by atoms with Crippen molar-refractivity contribution in [3.63, 3.8) is 0 Å². The molecule has 1 heterocycles. The number of nitriles is 1. The first-order valence-corrected chi connectivity index (χ1v) is 9.89. The Morgan fingerprint density at radius 1 is 1.12 bits per heavy atom. The summed E-state index contributed by atoms with van der Waals surface area (Å²) >= 11 is 1.51. The third-order valence-corrected chi connectivity index (χ3v) is 6.34. The Hall–Kier alpha value is -1.55. The highest BCUT2D eigenvalue weighted by atomic mass is 32.2. The molecule has 2 unspecified atom stereocenters. The molecule has 0 aromatic heterocycles. The molecule has 3 rings (SSSR count). The van der Waals surface area contributed by atoms with Crippen molar-refractivity contribution in [2.45, 2.75) is 57.0 Å². The largest absolute Gasteiger partial charge is 0.352 e. The van der Waals surface area contributed by atoms with Crippen molar-refractivity contribution in [3.05, 3.63) is 0 Å². The summed E-state index contributed by atoms with van der Waals surface area (Å²) in [7, 11) is 0. The molecule has 24 heavy (non-hydrogen) atoms. The molecule has 1 aliphatic heterocycles. The van der Waals surface area contributed by atoms with E-state index >= 15 is 0 Å². The number of nitrogens with one attached hydrogen (secondary N) is 1. The number of rotatable bonds is 5. The predicted octanol–water partition coefficient (Wildman–Crippen LogP) is 1.46. The van der Waals surface area contributed by atoms with Gasteiger partial charge in [-0.2, -0.15) is 5.26 Å². The highest BCUT2D eigenvalue weighted by Crippen LogP contribution is 2.33. The molecule has 2 aliphatic carbocycles. The molecular weight excluding hydrogens is 326 g/mol. The molecule has 1 N–H and O–H groups in total. The Kier molecular flexibility index (Phi) is 5.44. The minimum Gasteiger partial charge on any atom is -0.352 e. The SMILES string of the molecule is N#CC(C(=O)NC1CCCC1)C(=O)C1CSCN1C(=O)C1CCC1. The first-order valence-electron chi connectivity index (χ1n) is 8.73. The second-order valence-electron chi connectivity index (χ2n) is 6.91. The summed E-state index contributed by atoms with van der Waals surface area (Å²) in [5.41, 5.74) is 0. The van der Waals surface area contributed by atoms with Crippen LogP contribution < -0.4 is 5.32 Å². The van der Waals surface area contributed by atoms with Crippen molar-refractivity contribution in [3.8, 4) is 6.07 Å². The lowest BCUT2D eigenvalue weighted by Crippen LogP contribution is -2.50. The standard InChI is InChI=1S/C17H23N3O3S/c18-8-13(16(22)19-12-6-1-2-7-12)15(21)14-9-24-10-20(14)17(23)11-4-3-5-11/h11-14H,1-7,9-10H2,(H,19,22). The Morgan fingerprint density at radius 2 is 1.83 bits per heavy atom. The van der Waals surface area contributed by atoms with Gasteiger partial charge in [0.2, 0.25) is 11.8 Å². The van der Waals surface area contributed by atoms with Gasteiger partial charge in [-0.1, -0.05) is 19.3 Å². The van der Waals surface area contributed by atoms with Crippen molar-refractivity contribution in [1.29, 1.82) is 5.26 Å². The van der Waals surface area contributed by atoms with Crippen LogP contribution in [0.5, 0.6) is 0 Å². The molecule has 6 nitrogen and oxygen atoms in total. The summed E-state index contributed by atoms with van der Waals surface area (Å²) in [5.74, 6) is -1.25. The zero-order valence-electron chi connectivity index (χ0n) is 13.7. The molecule has 2 amide bonds. The Bertz CT molecular complexity index is 564. The molecule has 0 radical (unpaired) electrons. The molecule has 0 bridgehead atoms. The summed E-state index contributed by atoms with van der Waals surface area (Å²) in [4.78, 5) is 39.2. The van der Waals surface area contributed by atoms with Crippen LogP contribution in [-0.2, 0) is 14.4 Å². The maximum atomic E-state index is 12.7. The van der Waals surface area contributed by atoms with Gasteiger partial charge in [-0.15, -0.1) is 11.8 Å². The van der Waals surface area contributed by atoms with Gasteiger partial charge in [-0.25, -0.2) is 0 Å². The normalized spacial score (nSPS) is 25.8. The fourth-order valence-corrected chi connectivity index (χ4v) is 4.76. The Morgan fingerprint density at radius 3 is 2.42 bits per heavy atom. The fraction of sp³-hybridized carbons (Fsp3) is 0.765. The van der Waals surface area contributed by atoms with Crippen LogP contribution in [0.25, 0.3) is 0 Å². The molecule has 0 aromatic rings. The molecule has 2 atom stereocenters. The van der Waals surface area contributed by atoms with Crippen molar-refractivity contribution < 1.29 is 14.4 Å². The second kappa shape index (κ2) is 7.56.